The van der Waals surface area contributed by atoms with Crippen LogP contribution in [0.2, 0.25) is 0 Å². The highest BCUT2D eigenvalue weighted by atomic mass is 16.5. The minimum Gasteiger partial charge on any atom is -0.368 e. The fraction of sp³-hybridized carbons (Fsp3) is 0.400. The molecule has 1 aliphatic heterocycles. The zero-order valence-corrected chi connectivity index (χ0v) is 11.0. The van der Waals surface area contributed by atoms with E-state index in [0.29, 0.717) is 13.2 Å². The molecule has 1 fully saturated rings. The number of rotatable bonds is 2. The molecular weight excluding hydrogens is 240 g/mol. The highest BCUT2D eigenvalue weighted by molar-refractivity contribution is 5.94. The third kappa shape index (κ3) is 3.57. The Morgan fingerprint density at radius 1 is 1.58 bits per heavy atom. The topological polar surface area (TPSA) is 64.3 Å². The maximum Gasteiger partial charge on any atom is 0.253 e. The largest absolute Gasteiger partial charge is 0.368 e. The fourth-order valence-electron chi connectivity index (χ4n) is 2.07. The molecule has 0 radical (unpaired) electrons. The van der Waals surface area contributed by atoms with E-state index in [1.165, 1.54) is 0 Å². The molecule has 1 saturated heterocycles. The third-order valence-corrected chi connectivity index (χ3v) is 3.11. The third-order valence-electron chi connectivity index (χ3n) is 3.11. The summed E-state index contributed by atoms with van der Waals surface area (Å²) in [7, 11) is 0. The number of hydrogen-bond donors (Lipinski definition) is 2. The zero-order chi connectivity index (χ0) is 13.7. The summed E-state index contributed by atoms with van der Waals surface area (Å²) in [6, 6.07) is 7.41. The number of benzene rings is 1. The standard InChI is InChI=1S/C15H18N2O2/c1-11-7-9-19-14(11)15(18)17-13-6-2-4-12(10-13)5-3-8-16/h2,4,6,10-11,14H,7-9,16H2,1H3,(H,17,18). The molecule has 3 N–H and O–H groups in total. The predicted molar refractivity (Wildman–Crippen MR) is 74.5 cm³/mol. The molecule has 0 saturated carbocycles. The molecule has 4 nitrogen and oxygen atoms in total. The van der Waals surface area contributed by atoms with Gasteiger partial charge in [-0.2, -0.15) is 0 Å². The van der Waals surface area contributed by atoms with E-state index in [-0.39, 0.29) is 17.9 Å². The molecule has 4 heteroatoms. The monoisotopic (exact) mass is 258 g/mol. The van der Waals surface area contributed by atoms with Gasteiger partial charge in [0.15, 0.2) is 0 Å². The van der Waals surface area contributed by atoms with Gasteiger partial charge in [-0.25, -0.2) is 0 Å². The molecule has 0 spiro atoms. The molecule has 0 aromatic heterocycles. The van der Waals surface area contributed by atoms with Crippen LogP contribution in [0.3, 0.4) is 0 Å². The molecule has 19 heavy (non-hydrogen) atoms. The van der Waals surface area contributed by atoms with Crippen molar-refractivity contribution >= 4 is 11.6 Å². The molecule has 1 aromatic carbocycles. The lowest BCUT2D eigenvalue weighted by atomic mass is 10.0. The highest BCUT2D eigenvalue weighted by Gasteiger charge is 2.30. The molecule has 1 aliphatic rings. The quantitative estimate of drug-likeness (QED) is 0.787. The Labute approximate surface area is 113 Å². The SMILES string of the molecule is CC1CCOC1C(=O)Nc1cccc(C#CCN)c1. The van der Waals surface area contributed by atoms with Crippen molar-refractivity contribution < 1.29 is 9.53 Å². The summed E-state index contributed by atoms with van der Waals surface area (Å²) >= 11 is 0. The number of amides is 1. The molecule has 0 aliphatic carbocycles. The number of carbonyl (C=O) groups is 1. The van der Waals surface area contributed by atoms with Gasteiger partial charge in [0.2, 0.25) is 0 Å². The number of nitrogens with one attached hydrogen (secondary N) is 1. The van der Waals surface area contributed by atoms with Gasteiger partial charge in [0, 0.05) is 17.9 Å². The fourth-order valence-corrected chi connectivity index (χ4v) is 2.07. The molecule has 1 heterocycles. The lowest BCUT2D eigenvalue weighted by molar-refractivity contribution is -0.126. The van der Waals surface area contributed by atoms with Gasteiger partial charge in [0.25, 0.3) is 5.91 Å². The second-order valence-electron chi connectivity index (χ2n) is 4.63. The van der Waals surface area contributed by atoms with E-state index in [0.717, 1.165) is 17.7 Å². The summed E-state index contributed by atoms with van der Waals surface area (Å²) in [5, 5.41) is 2.87. The number of ether oxygens (including phenoxy) is 1. The van der Waals surface area contributed by atoms with Crippen molar-refractivity contribution in [1.29, 1.82) is 0 Å². The van der Waals surface area contributed by atoms with Crippen molar-refractivity contribution in [2.24, 2.45) is 11.7 Å². The van der Waals surface area contributed by atoms with E-state index in [2.05, 4.69) is 17.2 Å². The molecule has 1 aromatic rings. The number of anilines is 1. The highest BCUT2D eigenvalue weighted by Crippen LogP contribution is 2.21. The van der Waals surface area contributed by atoms with Crippen LogP contribution in [0.15, 0.2) is 24.3 Å². The van der Waals surface area contributed by atoms with E-state index in [9.17, 15) is 4.79 Å². The van der Waals surface area contributed by atoms with Crippen molar-refractivity contribution in [2.45, 2.75) is 19.4 Å². The normalized spacial score (nSPS) is 21.6. The van der Waals surface area contributed by atoms with Crippen LogP contribution in [0.1, 0.15) is 18.9 Å². The molecule has 2 rings (SSSR count). The predicted octanol–water partition coefficient (Wildman–Crippen LogP) is 1.36. The maximum atomic E-state index is 12.1. The Balaban J connectivity index is 2.04. The van der Waals surface area contributed by atoms with Gasteiger partial charge in [-0.15, -0.1) is 0 Å². The van der Waals surface area contributed by atoms with E-state index < -0.39 is 0 Å². The number of hydrogen-bond acceptors (Lipinski definition) is 3. The first kappa shape index (κ1) is 13.6. The van der Waals surface area contributed by atoms with Crippen molar-refractivity contribution in [3.05, 3.63) is 29.8 Å². The Bertz CT molecular complexity index is 516. The van der Waals surface area contributed by atoms with Gasteiger partial charge in [-0.1, -0.05) is 24.8 Å². The van der Waals surface area contributed by atoms with E-state index in [1.54, 1.807) is 0 Å². The van der Waals surface area contributed by atoms with E-state index in [4.69, 9.17) is 10.5 Å². The Hall–Kier alpha value is -1.83. The zero-order valence-electron chi connectivity index (χ0n) is 11.0. The van der Waals surface area contributed by atoms with Crippen molar-refractivity contribution in [2.75, 3.05) is 18.5 Å². The van der Waals surface area contributed by atoms with Crippen LogP contribution in [-0.4, -0.2) is 25.2 Å². The van der Waals surface area contributed by atoms with Crippen LogP contribution in [0.25, 0.3) is 0 Å². The van der Waals surface area contributed by atoms with Crippen LogP contribution in [-0.2, 0) is 9.53 Å². The average Bonchev–Trinajstić information content (AvgIpc) is 2.83. The number of carbonyl (C=O) groups excluding carboxylic acids is 1. The molecular formula is C15H18N2O2. The minimum absolute atomic E-state index is 0.0889. The second kappa shape index (κ2) is 6.37. The van der Waals surface area contributed by atoms with Gasteiger partial charge in [-0.3, -0.25) is 4.79 Å². The molecule has 1 amide bonds. The molecule has 100 valence electrons. The van der Waals surface area contributed by atoms with Crippen LogP contribution in [0.4, 0.5) is 5.69 Å². The van der Waals surface area contributed by atoms with Gasteiger partial charge >= 0.3 is 0 Å². The number of nitrogens with two attached hydrogens (primary N) is 1. The second-order valence-corrected chi connectivity index (χ2v) is 4.63. The smallest absolute Gasteiger partial charge is 0.253 e. The average molecular weight is 258 g/mol. The van der Waals surface area contributed by atoms with Crippen LogP contribution in [0, 0.1) is 17.8 Å². The first-order valence-electron chi connectivity index (χ1n) is 6.42. The summed E-state index contributed by atoms with van der Waals surface area (Å²) in [4.78, 5) is 12.1. The lowest BCUT2D eigenvalue weighted by Gasteiger charge is -2.14. The van der Waals surface area contributed by atoms with Gasteiger partial charge in [0.1, 0.15) is 6.10 Å². The first-order valence-corrected chi connectivity index (χ1v) is 6.42. The van der Waals surface area contributed by atoms with Gasteiger partial charge in [-0.05, 0) is 30.5 Å². The first-order chi connectivity index (χ1) is 9.20. The summed E-state index contributed by atoms with van der Waals surface area (Å²) in [5.41, 5.74) is 6.90. The summed E-state index contributed by atoms with van der Waals surface area (Å²) < 4.78 is 5.44. The van der Waals surface area contributed by atoms with Crippen molar-refractivity contribution in [1.82, 2.24) is 0 Å². The van der Waals surface area contributed by atoms with Crippen LogP contribution in [0.5, 0.6) is 0 Å². The van der Waals surface area contributed by atoms with E-state index >= 15 is 0 Å². The Morgan fingerprint density at radius 3 is 3.11 bits per heavy atom. The summed E-state index contributed by atoms with van der Waals surface area (Å²) in [5.74, 6) is 5.90. The molecule has 0 bridgehead atoms. The lowest BCUT2D eigenvalue weighted by Crippen LogP contribution is -2.31. The Kier molecular flexibility index (Phi) is 4.56. The van der Waals surface area contributed by atoms with Crippen molar-refractivity contribution in [3.63, 3.8) is 0 Å². The van der Waals surface area contributed by atoms with Gasteiger partial charge < -0.3 is 15.8 Å². The van der Waals surface area contributed by atoms with Gasteiger partial charge in [0.05, 0.1) is 6.54 Å². The minimum atomic E-state index is -0.348. The Morgan fingerprint density at radius 2 is 2.42 bits per heavy atom. The van der Waals surface area contributed by atoms with Crippen LogP contribution < -0.4 is 11.1 Å². The summed E-state index contributed by atoms with van der Waals surface area (Å²) in [6.07, 6.45) is 0.582. The molecule has 2 atom stereocenters. The molecule has 2 unspecified atom stereocenters. The van der Waals surface area contributed by atoms with E-state index in [1.807, 2.05) is 31.2 Å². The van der Waals surface area contributed by atoms with Crippen LogP contribution >= 0.6 is 0 Å². The summed E-state index contributed by atoms with van der Waals surface area (Å²) in [6.45, 7) is 3.01. The maximum absolute atomic E-state index is 12.1. The van der Waals surface area contributed by atoms with Crippen molar-refractivity contribution in [3.8, 4) is 11.8 Å².